The van der Waals surface area contributed by atoms with Crippen molar-refractivity contribution in [1.29, 1.82) is 5.26 Å². The summed E-state index contributed by atoms with van der Waals surface area (Å²) in [7, 11) is 1.74. The number of nitriles is 1. The van der Waals surface area contributed by atoms with E-state index in [-0.39, 0.29) is 18.0 Å². The molecule has 13 heteroatoms. The molecule has 1 saturated carbocycles. The number of carbonyl (C=O) groups is 2. The summed E-state index contributed by atoms with van der Waals surface area (Å²) in [6.45, 7) is 6.84. The number of nitrogens with one attached hydrogen (secondary N) is 2. The highest BCUT2D eigenvalue weighted by Crippen LogP contribution is 2.29. The number of benzene rings is 2. The zero-order valence-electron chi connectivity index (χ0n) is 30.1. The summed E-state index contributed by atoms with van der Waals surface area (Å²) in [4.78, 5) is 51.6. The Morgan fingerprint density at radius 1 is 0.981 bits per heavy atom. The topological polar surface area (TPSA) is 150 Å². The number of anilines is 1. The number of piperidine rings is 1. The number of nitrogens with zero attached hydrogens (tertiary/aromatic N) is 7. The third-order valence-electron chi connectivity index (χ3n) is 11.1. The molecule has 4 heterocycles. The Bertz CT molecular complexity index is 2000. The van der Waals surface area contributed by atoms with E-state index in [1.807, 2.05) is 36.4 Å². The molecule has 0 radical (unpaired) electrons. The first-order valence-electron chi connectivity index (χ1n) is 18.8. The van der Waals surface area contributed by atoms with E-state index in [0.29, 0.717) is 31.5 Å². The van der Waals surface area contributed by atoms with Gasteiger partial charge in [0, 0.05) is 76.9 Å². The fraction of sp³-hybridized carbons (Fsp3) is 0.538. The molecule has 0 bridgehead atoms. The van der Waals surface area contributed by atoms with Crippen LogP contribution in [0.25, 0.3) is 21.9 Å². The van der Waals surface area contributed by atoms with Crippen LogP contribution in [0.5, 0.6) is 0 Å². The molecule has 274 valence electrons. The molecule has 2 amide bonds. The molecule has 4 aromatic rings. The van der Waals surface area contributed by atoms with Crippen LogP contribution >= 0.6 is 0 Å². The van der Waals surface area contributed by atoms with Crippen molar-refractivity contribution < 1.29 is 14.3 Å². The van der Waals surface area contributed by atoms with Crippen molar-refractivity contribution in [3.63, 3.8) is 0 Å². The lowest BCUT2D eigenvalue weighted by Gasteiger charge is -2.42. The highest BCUT2D eigenvalue weighted by Gasteiger charge is 2.32. The predicted molar refractivity (Wildman–Crippen MR) is 199 cm³/mol. The van der Waals surface area contributed by atoms with E-state index in [9.17, 15) is 14.4 Å². The number of carbonyl (C=O) groups excluding carboxylic acids is 2. The molecular weight excluding hydrogens is 658 g/mol. The Hall–Kier alpha value is -4.64. The molecule has 7 rings (SSSR count). The fourth-order valence-electron chi connectivity index (χ4n) is 8.36. The molecule has 1 unspecified atom stereocenters. The van der Waals surface area contributed by atoms with Crippen LogP contribution in [0.2, 0.25) is 0 Å². The summed E-state index contributed by atoms with van der Waals surface area (Å²) >= 11 is 0. The van der Waals surface area contributed by atoms with Gasteiger partial charge in [-0.1, -0.05) is 18.2 Å². The average Bonchev–Trinajstić information content (AvgIpc) is 3.41. The molecule has 2 aliphatic heterocycles. The largest absolute Gasteiger partial charge is 0.381 e. The number of amides is 2. The van der Waals surface area contributed by atoms with Crippen LogP contribution in [0.1, 0.15) is 68.5 Å². The minimum Gasteiger partial charge on any atom is -0.381 e. The lowest BCUT2D eigenvalue weighted by Crippen LogP contribution is -2.51. The number of ether oxygens (including phenoxy) is 1. The molecule has 1 aliphatic carbocycles. The molecule has 2 aromatic heterocycles. The lowest BCUT2D eigenvalue weighted by molar-refractivity contribution is -0.135. The molecule has 0 spiro atoms. The smallest absolute Gasteiger partial charge is 0.329 e. The SMILES string of the molecule is Cn1c(=O)n(C2CCC(=O)NC2=O)c2cccc(CCCOCCCN3CCN([C@H]4CC[C@H](Nc5ncnc6ccc(CC#N)cc56)CC4)CC3)c21. The third kappa shape index (κ3) is 7.89. The number of aromatic nitrogens is 4. The van der Waals surface area contributed by atoms with E-state index in [2.05, 4.69) is 36.5 Å². The molecule has 2 N–H and O–H groups in total. The zero-order chi connectivity index (χ0) is 36.0. The van der Waals surface area contributed by atoms with E-state index in [4.69, 9.17) is 10.00 Å². The Kier molecular flexibility index (Phi) is 11.2. The minimum absolute atomic E-state index is 0.227. The van der Waals surface area contributed by atoms with Gasteiger partial charge in [0.05, 0.1) is 29.0 Å². The Morgan fingerprint density at radius 3 is 2.58 bits per heavy atom. The van der Waals surface area contributed by atoms with Gasteiger partial charge in [0.2, 0.25) is 11.8 Å². The second kappa shape index (κ2) is 16.4. The summed E-state index contributed by atoms with van der Waals surface area (Å²) < 4.78 is 9.18. The zero-order valence-corrected chi connectivity index (χ0v) is 30.1. The van der Waals surface area contributed by atoms with Gasteiger partial charge >= 0.3 is 5.69 Å². The first-order chi connectivity index (χ1) is 25.4. The quantitative estimate of drug-likeness (QED) is 0.156. The van der Waals surface area contributed by atoms with E-state index in [1.54, 1.807) is 22.5 Å². The van der Waals surface area contributed by atoms with Gasteiger partial charge in [-0.15, -0.1) is 0 Å². The number of piperazine rings is 1. The number of imide groups is 1. The maximum Gasteiger partial charge on any atom is 0.329 e. The number of rotatable bonds is 13. The molecular formula is C39H49N9O4. The molecule has 3 aliphatic rings. The van der Waals surface area contributed by atoms with Crippen LogP contribution in [0.15, 0.2) is 47.5 Å². The van der Waals surface area contributed by atoms with Gasteiger partial charge in [-0.05, 0) is 80.7 Å². The van der Waals surface area contributed by atoms with Crippen LogP contribution in [0, 0.1) is 11.3 Å². The van der Waals surface area contributed by atoms with E-state index in [1.165, 1.54) is 12.8 Å². The van der Waals surface area contributed by atoms with Crippen LogP contribution < -0.4 is 16.3 Å². The number of hydrogen-bond donors (Lipinski definition) is 2. The minimum atomic E-state index is -0.678. The predicted octanol–water partition coefficient (Wildman–Crippen LogP) is 3.71. The molecule has 3 fully saturated rings. The fourth-order valence-corrected chi connectivity index (χ4v) is 8.36. The molecule has 2 saturated heterocycles. The van der Waals surface area contributed by atoms with Crippen molar-refractivity contribution in [2.75, 3.05) is 51.3 Å². The van der Waals surface area contributed by atoms with Gasteiger partial charge in [-0.3, -0.25) is 28.9 Å². The van der Waals surface area contributed by atoms with Gasteiger partial charge in [-0.2, -0.15) is 5.26 Å². The van der Waals surface area contributed by atoms with Gasteiger partial charge in [0.15, 0.2) is 0 Å². The molecule has 1 atom stereocenters. The van der Waals surface area contributed by atoms with Crippen LogP contribution in [-0.2, 0) is 34.2 Å². The van der Waals surface area contributed by atoms with Crippen molar-refractivity contribution >= 4 is 39.6 Å². The number of para-hydroxylation sites is 1. The number of imidazole rings is 1. The summed E-state index contributed by atoms with van der Waals surface area (Å²) in [5.41, 5.74) is 4.27. The van der Waals surface area contributed by atoms with Crippen molar-refractivity contribution in [3.05, 3.63) is 64.3 Å². The van der Waals surface area contributed by atoms with Crippen molar-refractivity contribution in [3.8, 4) is 6.07 Å². The summed E-state index contributed by atoms with van der Waals surface area (Å²) in [5, 5.41) is 16.2. The maximum atomic E-state index is 13.2. The monoisotopic (exact) mass is 707 g/mol. The lowest BCUT2D eigenvalue weighted by atomic mass is 9.89. The molecule has 13 nitrogen and oxygen atoms in total. The number of hydrogen-bond acceptors (Lipinski definition) is 10. The first kappa shape index (κ1) is 35.7. The summed E-state index contributed by atoms with van der Waals surface area (Å²) in [6.07, 6.45) is 9.78. The Balaban J connectivity index is 0.796. The normalized spacial score (nSPS) is 21.7. The third-order valence-corrected chi connectivity index (χ3v) is 11.1. The van der Waals surface area contributed by atoms with Gasteiger partial charge in [-0.25, -0.2) is 14.8 Å². The van der Waals surface area contributed by atoms with E-state index < -0.39 is 11.9 Å². The first-order valence-corrected chi connectivity index (χ1v) is 18.8. The highest BCUT2D eigenvalue weighted by atomic mass is 16.5. The number of aryl methyl sites for hydroxylation is 2. The Morgan fingerprint density at radius 2 is 1.79 bits per heavy atom. The second-order valence-corrected chi connectivity index (χ2v) is 14.5. The molecule has 52 heavy (non-hydrogen) atoms. The standard InChI is InChI=1S/C39H49N9O4/c1-45-36-28(5-2-7-33(36)48(39(45)51)34-14-15-35(49)44-38(34)50)6-3-23-52-24-4-18-46-19-21-47(22-20-46)30-11-9-29(10-12-30)43-37-31-25-27(16-17-40)8-13-32(31)41-26-42-37/h2,5,7-8,13,25-26,29-30,34H,3-4,6,9-12,14-16,18-24H2,1H3,(H,41,42,43)(H,44,49,50)/t29-,30-,34?. The van der Waals surface area contributed by atoms with Gasteiger partial charge < -0.3 is 15.0 Å². The van der Waals surface area contributed by atoms with Crippen LogP contribution in [0.4, 0.5) is 5.82 Å². The van der Waals surface area contributed by atoms with E-state index >= 15 is 0 Å². The average molecular weight is 708 g/mol. The van der Waals surface area contributed by atoms with Crippen LogP contribution in [-0.4, -0.2) is 98.7 Å². The Labute approximate surface area is 303 Å². The van der Waals surface area contributed by atoms with Crippen molar-refractivity contribution in [1.82, 2.24) is 34.2 Å². The van der Waals surface area contributed by atoms with Crippen molar-refractivity contribution in [2.45, 2.75) is 82.3 Å². The summed E-state index contributed by atoms with van der Waals surface area (Å²) in [6, 6.07) is 14.4. The number of fused-ring (bicyclic) bond motifs is 2. The van der Waals surface area contributed by atoms with E-state index in [0.717, 1.165) is 110 Å². The molecule has 2 aromatic carbocycles. The van der Waals surface area contributed by atoms with Crippen LogP contribution in [0.3, 0.4) is 0 Å². The second-order valence-electron chi connectivity index (χ2n) is 14.5. The highest BCUT2D eigenvalue weighted by molar-refractivity contribution is 6.00. The van der Waals surface area contributed by atoms with Gasteiger partial charge in [0.25, 0.3) is 0 Å². The van der Waals surface area contributed by atoms with Gasteiger partial charge in [0.1, 0.15) is 18.2 Å². The maximum absolute atomic E-state index is 13.2. The van der Waals surface area contributed by atoms with Crippen molar-refractivity contribution in [2.24, 2.45) is 7.05 Å². The summed E-state index contributed by atoms with van der Waals surface area (Å²) in [5.74, 6) is 0.163.